The Morgan fingerprint density at radius 3 is 2.26 bits per heavy atom. The molecule has 0 atom stereocenters. The van der Waals surface area contributed by atoms with Crippen molar-refractivity contribution >= 4 is 28.0 Å². The molecular weight excluding hydrogens is 314 g/mol. The van der Waals surface area contributed by atoms with Crippen LogP contribution in [0, 0.1) is 0 Å². The highest BCUT2D eigenvalue weighted by molar-refractivity contribution is 7.85. The summed E-state index contributed by atoms with van der Waals surface area (Å²) in [6.07, 6.45) is 3.40. The van der Waals surface area contributed by atoms with Crippen molar-refractivity contribution < 1.29 is 13.0 Å². The SMILES string of the molecule is CN(C)/N=N/c1ccc(/C=C\c2ccccc2S(=O)(=O)O)cc1. The Balaban J connectivity index is 2.22. The molecule has 0 spiro atoms. The van der Waals surface area contributed by atoms with Crippen molar-refractivity contribution in [2.75, 3.05) is 14.1 Å². The van der Waals surface area contributed by atoms with Crippen LogP contribution >= 0.6 is 0 Å². The van der Waals surface area contributed by atoms with Gasteiger partial charge in [0.2, 0.25) is 0 Å². The molecule has 0 saturated heterocycles. The molecule has 0 unspecified atom stereocenters. The molecule has 23 heavy (non-hydrogen) atoms. The lowest BCUT2D eigenvalue weighted by atomic mass is 10.1. The van der Waals surface area contributed by atoms with Crippen LogP contribution in [-0.4, -0.2) is 32.1 Å². The maximum absolute atomic E-state index is 11.3. The minimum absolute atomic E-state index is 0.118. The van der Waals surface area contributed by atoms with Gasteiger partial charge in [-0.3, -0.25) is 9.56 Å². The fourth-order valence-corrected chi connectivity index (χ4v) is 2.52. The predicted molar refractivity (Wildman–Crippen MR) is 89.8 cm³/mol. The summed E-state index contributed by atoms with van der Waals surface area (Å²) >= 11 is 0. The highest BCUT2D eigenvalue weighted by Gasteiger charge is 2.12. The van der Waals surface area contributed by atoms with E-state index in [9.17, 15) is 13.0 Å². The van der Waals surface area contributed by atoms with Crippen molar-refractivity contribution in [3.63, 3.8) is 0 Å². The summed E-state index contributed by atoms with van der Waals surface area (Å²) in [6.45, 7) is 0. The molecule has 0 amide bonds. The molecular formula is C16H17N3O3S. The van der Waals surface area contributed by atoms with E-state index < -0.39 is 10.1 Å². The lowest BCUT2D eigenvalue weighted by Gasteiger charge is -2.02. The zero-order valence-corrected chi connectivity index (χ0v) is 13.6. The summed E-state index contributed by atoms with van der Waals surface area (Å²) in [5.74, 6) is 0. The molecule has 2 rings (SSSR count). The summed E-state index contributed by atoms with van der Waals surface area (Å²) < 4.78 is 31.9. The first-order valence-corrected chi connectivity index (χ1v) is 8.24. The molecule has 0 aliphatic rings. The van der Waals surface area contributed by atoms with Crippen LogP contribution in [0.4, 0.5) is 5.69 Å². The molecule has 0 saturated carbocycles. The van der Waals surface area contributed by atoms with Crippen molar-refractivity contribution in [1.29, 1.82) is 0 Å². The Bertz CT molecular complexity index is 826. The maximum Gasteiger partial charge on any atom is 0.295 e. The molecule has 6 nitrogen and oxygen atoms in total. The van der Waals surface area contributed by atoms with Crippen LogP contribution in [0.25, 0.3) is 12.2 Å². The molecule has 0 bridgehead atoms. The number of benzene rings is 2. The fraction of sp³-hybridized carbons (Fsp3) is 0.125. The smallest absolute Gasteiger partial charge is 0.285 e. The Morgan fingerprint density at radius 2 is 1.65 bits per heavy atom. The molecule has 0 fully saturated rings. The number of nitrogens with zero attached hydrogens (tertiary/aromatic N) is 3. The van der Waals surface area contributed by atoms with E-state index in [1.807, 2.05) is 12.1 Å². The second-order valence-electron chi connectivity index (χ2n) is 4.97. The predicted octanol–water partition coefficient (Wildman–Crippen LogP) is 3.66. The molecule has 2 aromatic rings. The van der Waals surface area contributed by atoms with Gasteiger partial charge in [0.05, 0.1) is 5.69 Å². The van der Waals surface area contributed by atoms with Gasteiger partial charge < -0.3 is 0 Å². The summed E-state index contributed by atoms with van der Waals surface area (Å²) in [7, 11) is -0.673. The van der Waals surface area contributed by atoms with Crippen molar-refractivity contribution in [2.45, 2.75) is 4.90 Å². The van der Waals surface area contributed by atoms with Crippen LogP contribution in [0.2, 0.25) is 0 Å². The van der Waals surface area contributed by atoms with Gasteiger partial charge in [0.15, 0.2) is 0 Å². The maximum atomic E-state index is 11.3. The summed E-state index contributed by atoms with van der Waals surface area (Å²) in [4.78, 5) is -0.118. The molecule has 1 N–H and O–H groups in total. The molecule has 0 aromatic heterocycles. The van der Waals surface area contributed by atoms with Gasteiger partial charge in [-0.05, 0) is 29.3 Å². The van der Waals surface area contributed by atoms with Gasteiger partial charge in [-0.1, -0.05) is 47.7 Å². The first-order valence-electron chi connectivity index (χ1n) is 6.80. The normalized spacial score (nSPS) is 12.1. The summed E-state index contributed by atoms with van der Waals surface area (Å²) in [5.41, 5.74) is 2.01. The van der Waals surface area contributed by atoms with E-state index >= 15 is 0 Å². The van der Waals surface area contributed by atoms with Gasteiger partial charge >= 0.3 is 0 Å². The van der Waals surface area contributed by atoms with Gasteiger partial charge in [-0.2, -0.15) is 8.42 Å². The molecule has 0 aliphatic heterocycles. The lowest BCUT2D eigenvalue weighted by Crippen LogP contribution is -2.00. The topological polar surface area (TPSA) is 82.3 Å². The number of hydrogen-bond donors (Lipinski definition) is 1. The molecule has 7 heteroatoms. The zero-order valence-electron chi connectivity index (χ0n) is 12.8. The van der Waals surface area contributed by atoms with Crippen LogP contribution < -0.4 is 0 Å². The van der Waals surface area contributed by atoms with E-state index in [4.69, 9.17) is 0 Å². The van der Waals surface area contributed by atoms with Gasteiger partial charge in [0.25, 0.3) is 10.1 Å². The molecule has 0 heterocycles. The van der Waals surface area contributed by atoms with Gasteiger partial charge in [0.1, 0.15) is 4.90 Å². The highest BCUT2D eigenvalue weighted by Crippen LogP contribution is 2.19. The van der Waals surface area contributed by atoms with E-state index in [1.165, 1.54) is 6.07 Å². The van der Waals surface area contributed by atoms with Crippen LogP contribution in [-0.2, 0) is 10.1 Å². The Kier molecular flexibility index (Phi) is 5.25. The first kappa shape index (κ1) is 16.9. The third-order valence-electron chi connectivity index (χ3n) is 2.88. The molecule has 0 aliphatic carbocycles. The van der Waals surface area contributed by atoms with Crippen LogP contribution in [0.5, 0.6) is 0 Å². The minimum Gasteiger partial charge on any atom is -0.285 e. The monoisotopic (exact) mass is 331 g/mol. The second-order valence-corrected chi connectivity index (χ2v) is 6.36. The van der Waals surface area contributed by atoms with Crippen molar-refractivity contribution in [3.05, 3.63) is 59.7 Å². The Labute approximate surface area is 135 Å². The van der Waals surface area contributed by atoms with E-state index in [0.717, 1.165) is 5.56 Å². The lowest BCUT2D eigenvalue weighted by molar-refractivity contribution is 0.408. The van der Waals surface area contributed by atoms with Crippen LogP contribution in [0.1, 0.15) is 11.1 Å². The standard InChI is InChI=1S/C16H17N3O3S/c1-19(2)18-17-15-11-8-13(9-12-15)7-10-14-5-3-4-6-16(14)23(20,21)22/h3-12H,1-2H3,(H,20,21,22)/b10-7-,18-17+. The third-order valence-corrected chi connectivity index (χ3v) is 3.81. The largest absolute Gasteiger partial charge is 0.295 e. The van der Waals surface area contributed by atoms with Crippen LogP contribution in [0.3, 0.4) is 0 Å². The van der Waals surface area contributed by atoms with E-state index in [-0.39, 0.29) is 4.90 Å². The van der Waals surface area contributed by atoms with E-state index in [1.54, 1.807) is 61.6 Å². The Morgan fingerprint density at radius 1 is 1.00 bits per heavy atom. The Hall–Kier alpha value is -2.51. The van der Waals surface area contributed by atoms with Crippen molar-refractivity contribution in [1.82, 2.24) is 5.01 Å². The zero-order chi connectivity index (χ0) is 16.9. The fourth-order valence-electron chi connectivity index (χ4n) is 1.83. The molecule has 0 radical (unpaired) electrons. The number of rotatable bonds is 5. The first-order chi connectivity index (χ1) is 10.9. The summed E-state index contributed by atoms with van der Waals surface area (Å²) in [5, 5.41) is 9.53. The van der Waals surface area contributed by atoms with Gasteiger partial charge in [-0.15, -0.1) is 5.11 Å². The molecule has 2 aromatic carbocycles. The molecule has 120 valence electrons. The van der Waals surface area contributed by atoms with Gasteiger partial charge in [0, 0.05) is 14.1 Å². The van der Waals surface area contributed by atoms with Crippen molar-refractivity contribution in [3.8, 4) is 0 Å². The quantitative estimate of drug-likeness (QED) is 0.392. The highest BCUT2D eigenvalue weighted by atomic mass is 32.2. The average Bonchev–Trinajstić information content (AvgIpc) is 2.51. The van der Waals surface area contributed by atoms with Gasteiger partial charge in [-0.25, -0.2) is 0 Å². The summed E-state index contributed by atoms with van der Waals surface area (Å²) in [6, 6.07) is 13.6. The minimum atomic E-state index is -4.24. The average molecular weight is 331 g/mol. The second kappa shape index (κ2) is 7.17. The third kappa shape index (κ3) is 5.01. The van der Waals surface area contributed by atoms with E-state index in [2.05, 4.69) is 10.3 Å². The van der Waals surface area contributed by atoms with Crippen LogP contribution in [0.15, 0.2) is 63.8 Å². The van der Waals surface area contributed by atoms with Crippen molar-refractivity contribution in [2.24, 2.45) is 10.3 Å². The number of hydrogen-bond acceptors (Lipinski definition) is 4. The van der Waals surface area contributed by atoms with E-state index in [0.29, 0.717) is 11.3 Å².